The number of anilines is 1. The molecule has 0 atom stereocenters. The van der Waals surface area contributed by atoms with Crippen molar-refractivity contribution in [1.82, 2.24) is 0 Å². The zero-order valence-electron chi connectivity index (χ0n) is 7.71. The Hall–Kier alpha value is -1.57. The van der Waals surface area contributed by atoms with Gasteiger partial charge in [-0.3, -0.25) is 4.79 Å². The molecule has 2 nitrogen and oxygen atoms in total. The highest BCUT2D eigenvalue weighted by atomic mass is 16.1. The smallest absolute Gasteiger partial charge is 0.247 e. The molecule has 0 aliphatic carbocycles. The summed E-state index contributed by atoms with van der Waals surface area (Å²) in [5, 5.41) is 2.75. The fourth-order valence-corrected chi connectivity index (χ4v) is 1.13. The van der Waals surface area contributed by atoms with Crippen molar-refractivity contribution in [2.24, 2.45) is 0 Å². The first kappa shape index (κ1) is 9.52. The summed E-state index contributed by atoms with van der Waals surface area (Å²) in [7, 11) is 0. The van der Waals surface area contributed by atoms with Crippen molar-refractivity contribution < 1.29 is 4.79 Å². The van der Waals surface area contributed by atoms with Crippen LogP contribution in [0, 0.1) is 0 Å². The highest BCUT2D eigenvalue weighted by Crippen LogP contribution is 2.14. The Labute approximate surface area is 78.3 Å². The summed E-state index contributed by atoms with van der Waals surface area (Å²) in [4.78, 5) is 11.0. The van der Waals surface area contributed by atoms with Crippen LogP contribution in [0.15, 0.2) is 36.9 Å². The van der Waals surface area contributed by atoms with E-state index in [1.54, 1.807) is 0 Å². The highest BCUT2D eigenvalue weighted by molar-refractivity contribution is 5.99. The van der Waals surface area contributed by atoms with Crippen LogP contribution in [-0.2, 0) is 11.2 Å². The van der Waals surface area contributed by atoms with Crippen LogP contribution in [0.5, 0.6) is 0 Å². The Morgan fingerprint density at radius 2 is 2.23 bits per heavy atom. The molecule has 0 heterocycles. The van der Waals surface area contributed by atoms with Gasteiger partial charge in [0.2, 0.25) is 5.91 Å². The summed E-state index contributed by atoms with van der Waals surface area (Å²) < 4.78 is 0. The second-order valence-electron chi connectivity index (χ2n) is 2.70. The van der Waals surface area contributed by atoms with Crippen LogP contribution in [0.25, 0.3) is 0 Å². The molecule has 0 aliphatic heterocycles. The van der Waals surface area contributed by atoms with Crippen LogP contribution in [0.1, 0.15) is 12.5 Å². The minimum atomic E-state index is -0.166. The predicted molar refractivity (Wildman–Crippen MR) is 54.6 cm³/mol. The number of rotatable bonds is 3. The third-order valence-electron chi connectivity index (χ3n) is 1.84. The van der Waals surface area contributed by atoms with Crippen LogP contribution in [0.2, 0.25) is 0 Å². The van der Waals surface area contributed by atoms with Crippen LogP contribution >= 0.6 is 0 Å². The van der Waals surface area contributed by atoms with Crippen LogP contribution in [0.4, 0.5) is 5.69 Å². The van der Waals surface area contributed by atoms with Gasteiger partial charge in [-0.25, -0.2) is 0 Å². The topological polar surface area (TPSA) is 29.1 Å². The Morgan fingerprint density at radius 3 is 2.85 bits per heavy atom. The van der Waals surface area contributed by atoms with Gasteiger partial charge in [-0.15, -0.1) is 0 Å². The van der Waals surface area contributed by atoms with Crippen molar-refractivity contribution in [3.05, 3.63) is 42.5 Å². The van der Waals surface area contributed by atoms with E-state index in [1.165, 1.54) is 6.08 Å². The Kier molecular flexibility index (Phi) is 3.26. The summed E-state index contributed by atoms with van der Waals surface area (Å²) in [6.07, 6.45) is 2.18. The first-order chi connectivity index (χ1) is 6.27. The Balaban J connectivity index is 2.86. The molecule has 0 fully saturated rings. The number of carbonyl (C=O) groups excluding carboxylic acids is 1. The van der Waals surface area contributed by atoms with E-state index in [-0.39, 0.29) is 5.91 Å². The number of nitrogens with one attached hydrogen (secondary N) is 1. The van der Waals surface area contributed by atoms with Gasteiger partial charge in [0, 0.05) is 5.69 Å². The maximum Gasteiger partial charge on any atom is 0.247 e. The molecule has 1 aromatic rings. The molecular weight excluding hydrogens is 162 g/mol. The van der Waals surface area contributed by atoms with Gasteiger partial charge in [0.25, 0.3) is 0 Å². The van der Waals surface area contributed by atoms with E-state index in [4.69, 9.17) is 0 Å². The first-order valence-corrected chi connectivity index (χ1v) is 4.29. The normalized spacial score (nSPS) is 9.31. The van der Waals surface area contributed by atoms with E-state index in [0.717, 1.165) is 17.7 Å². The SMILES string of the molecule is C=CC(=O)Nc1ccccc1CC. The van der Waals surface area contributed by atoms with Gasteiger partial charge in [-0.05, 0) is 24.1 Å². The number of benzene rings is 1. The maximum absolute atomic E-state index is 11.0. The molecule has 1 amide bonds. The number of hydrogen-bond donors (Lipinski definition) is 1. The molecule has 2 heteroatoms. The van der Waals surface area contributed by atoms with Crippen molar-refractivity contribution in [2.45, 2.75) is 13.3 Å². The second-order valence-corrected chi connectivity index (χ2v) is 2.70. The van der Waals surface area contributed by atoms with E-state index in [9.17, 15) is 4.79 Å². The molecule has 68 valence electrons. The van der Waals surface area contributed by atoms with E-state index in [0.29, 0.717) is 0 Å². The van der Waals surface area contributed by atoms with Crippen molar-refractivity contribution >= 4 is 11.6 Å². The van der Waals surface area contributed by atoms with E-state index >= 15 is 0 Å². The van der Waals surface area contributed by atoms with Crippen LogP contribution in [-0.4, -0.2) is 5.91 Å². The minimum absolute atomic E-state index is 0.166. The maximum atomic E-state index is 11.0. The third-order valence-corrected chi connectivity index (χ3v) is 1.84. The number of aryl methyl sites for hydroxylation is 1. The van der Waals surface area contributed by atoms with Crippen molar-refractivity contribution in [2.75, 3.05) is 5.32 Å². The average Bonchev–Trinajstić information content (AvgIpc) is 2.18. The monoisotopic (exact) mass is 175 g/mol. The summed E-state index contributed by atoms with van der Waals surface area (Å²) >= 11 is 0. The van der Waals surface area contributed by atoms with Crippen molar-refractivity contribution in [1.29, 1.82) is 0 Å². The molecule has 0 unspecified atom stereocenters. The molecule has 0 spiro atoms. The Morgan fingerprint density at radius 1 is 1.54 bits per heavy atom. The third kappa shape index (κ3) is 2.44. The molecule has 1 N–H and O–H groups in total. The lowest BCUT2D eigenvalue weighted by molar-refractivity contribution is -0.111. The lowest BCUT2D eigenvalue weighted by Gasteiger charge is -2.06. The molecule has 0 saturated heterocycles. The molecule has 13 heavy (non-hydrogen) atoms. The lowest BCUT2D eigenvalue weighted by Crippen LogP contribution is -2.08. The quantitative estimate of drug-likeness (QED) is 0.702. The molecule has 1 aromatic carbocycles. The largest absolute Gasteiger partial charge is 0.322 e. The molecule has 0 aliphatic rings. The van der Waals surface area contributed by atoms with Gasteiger partial charge in [0.1, 0.15) is 0 Å². The van der Waals surface area contributed by atoms with Gasteiger partial charge in [0.15, 0.2) is 0 Å². The average molecular weight is 175 g/mol. The van der Waals surface area contributed by atoms with Gasteiger partial charge in [0.05, 0.1) is 0 Å². The fourth-order valence-electron chi connectivity index (χ4n) is 1.13. The van der Waals surface area contributed by atoms with Gasteiger partial charge < -0.3 is 5.32 Å². The molecule has 0 saturated carbocycles. The molecule has 1 rings (SSSR count). The highest BCUT2D eigenvalue weighted by Gasteiger charge is 2.00. The standard InChI is InChI=1S/C11H13NO/c1-3-9-7-5-6-8-10(9)12-11(13)4-2/h4-8H,2-3H2,1H3,(H,12,13). The van der Waals surface area contributed by atoms with Crippen molar-refractivity contribution in [3.8, 4) is 0 Å². The van der Waals surface area contributed by atoms with Crippen LogP contribution in [0.3, 0.4) is 0 Å². The van der Waals surface area contributed by atoms with E-state index in [2.05, 4.69) is 18.8 Å². The number of amides is 1. The summed E-state index contributed by atoms with van der Waals surface area (Å²) in [6, 6.07) is 7.75. The lowest BCUT2D eigenvalue weighted by atomic mass is 10.1. The predicted octanol–water partition coefficient (Wildman–Crippen LogP) is 2.37. The number of hydrogen-bond acceptors (Lipinski definition) is 1. The summed E-state index contributed by atoms with van der Waals surface area (Å²) in [5.41, 5.74) is 2.01. The summed E-state index contributed by atoms with van der Waals surface area (Å²) in [6.45, 7) is 5.45. The van der Waals surface area contributed by atoms with Crippen molar-refractivity contribution in [3.63, 3.8) is 0 Å². The molecule has 0 radical (unpaired) electrons. The van der Waals surface area contributed by atoms with Gasteiger partial charge in [-0.2, -0.15) is 0 Å². The number of carbonyl (C=O) groups is 1. The molecule has 0 aromatic heterocycles. The van der Waals surface area contributed by atoms with Gasteiger partial charge >= 0.3 is 0 Å². The van der Waals surface area contributed by atoms with E-state index < -0.39 is 0 Å². The molecular formula is C11H13NO. The zero-order chi connectivity index (χ0) is 9.68. The Bertz CT molecular complexity index is 318. The zero-order valence-corrected chi connectivity index (χ0v) is 7.71. The first-order valence-electron chi connectivity index (χ1n) is 4.29. The van der Waals surface area contributed by atoms with Gasteiger partial charge in [-0.1, -0.05) is 31.7 Å². The minimum Gasteiger partial charge on any atom is -0.322 e. The summed E-state index contributed by atoms with van der Waals surface area (Å²) in [5.74, 6) is -0.166. The number of para-hydroxylation sites is 1. The van der Waals surface area contributed by atoms with Crippen LogP contribution < -0.4 is 5.32 Å². The fraction of sp³-hybridized carbons (Fsp3) is 0.182. The van der Waals surface area contributed by atoms with E-state index in [1.807, 2.05) is 24.3 Å². The second kappa shape index (κ2) is 4.45. The molecule has 0 bridgehead atoms.